The van der Waals surface area contributed by atoms with Crippen LogP contribution in [0.2, 0.25) is 0 Å². The summed E-state index contributed by atoms with van der Waals surface area (Å²) in [6.07, 6.45) is 6.36. The molecule has 5 heteroatoms. The molecule has 2 aliphatic rings. The Morgan fingerprint density at radius 3 is 2.71 bits per heavy atom. The lowest BCUT2D eigenvalue weighted by Gasteiger charge is -2.33. The van der Waals surface area contributed by atoms with Crippen molar-refractivity contribution in [2.24, 2.45) is 5.92 Å². The molecule has 1 aliphatic carbocycles. The third kappa shape index (κ3) is 3.41. The van der Waals surface area contributed by atoms with Crippen LogP contribution in [0.5, 0.6) is 0 Å². The fraction of sp³-hybridized carbons (Fsp3) is 0.812. The molecular formula is C16H28N4S. The Bertz CT molecular complexity index is 463. The quantitative estimate of drug-likeness (QED) is 0.926. The number of thiazole rings is 1. The predicted octanol–water partition coefficient (Wildman–Crippen LogP) is 2.52. The number of anilines is 1. The lowest BCUT2D eigenvalue weighted by Crippen LogP contribution is -2.37. The molecule has 1 fully saturated rings. The Morgan fingerprint density at radius 1 is 1.29 bits per heavy atom. The Balaban J connectivity index is 1.65. The van der Waals surface area contributed by atoms with Gasteiger partial charge in [-0.3, -0.25) is 0 Å². The van der Waals surface area contributed by atoms with Crippen molar-refractivity contribution < 1.29 is 0 Å². The second-order valence-corrected chi connectivity index (χ2v) is 7.79. The normalized spacial score (nSPS) is 23.6. The monoisotopic (exact) mass is 308 g/mol. The summed E-state index contributed by atoms with van der Waals surface area (Å²) in [5, 5.41) is 4.69. The lowest BCUT2D eigenvalue weighted by molar-refractivity contribution is 0.285. The van der Waals surface area contributed by atoms with Crippen molar-refractivity contribution in [2.45, 2.75) is 38.1 Å². The average molecular weight is 308 g/mol. The molecule has 0 bridgehead atoms. The molecule has 1 N–H and O–H groups in total. The first-order valence-corrected chi connectivity index (χ1v) is 9.05. The number of aryl methyl sites for hydroxylation is 1. The zero-order valence-corrected chi connectivity index (χ0v) is 14.4. The van der Waals surface area contributed by atoms with Crippen LogP contribution in [0.4, 0.5) is 5.13 Å². The number of piperidine rings is 1. The fourth-order valence-electron chi connectivity index (χ4n) is 3.65. The molecule has 0 radical (unpaired) electrons. The highest BCUT2D eigenvalue weighted by atomic mass is 32.1. The Labute approximate surface area is 132 Å². The van der Waals surface area contributed by atoms with Gasteiger partial charge in [0.15, 0.2) is 5.13 Å². The first kappa shape index (κ1) is 15.3. The third-order valence-electron chi connectivity index (χ3n) is 4.80. The molecule has 0 spiro atoms. The van der Waals surface area contributed by atoms with Gasteiger partial charge in [-0.1, -0.05) is 0 Å². The molecule has 0 aromatic carbocycles. The van der Waals surface area contributed by atoms with E-state index in [2.05, 4.69) is 36.3 Å². The molecule has 1 saturated heterocycles. The summed E-state index contributed by atoms with van der Waals surface area (Å²) in [5.74, 6) is 0.857. The Hall–Kier alpha value is -0.650. The van der Waals surface area contributed by atoms with Crippen LogP contribution < -0.4 is 10.2 Å². The molecule has 1 unspecified atom stereocenters. The number of nitrogens with zero attached hydrogens (tertiary/aromatic N) is 3. The number of nitrogens with one attached hydrogen (secondary N) is 1. The molecule has 1 atom stereocenters. The number of rotatable bonds is 4. The fourth-order valence-corrected chi connectivity index (χ4v) is 4.86. The SMILES string of the molecule is CNC1CCCc2sc(N3CCC(CN(C)C)CC3)nc21. The minimum absolute atomic E-state index is 0.477. The highest BCUT2D eigenvalue weighted by molar-refractivity contribution is 7.15. The number of hydrogen-bond acceptors (Lipinski definition) is 5. The van der Waals surface area contributed by atoms with Crippen molar-refractivity contribution >= 4 is 16.5 Å². The van der Waals surface area contributed by atoms with Gasteiger partial charge in [-0.15, -0.1) is 11.3 Å². The summed E-state index contributed by atoms with van der Waals surface area (Å²) < 4.78 is 0. The molecule has 1 aromatic rings. The summed E-state index contributed by atoms with van der Waals surface area (Å²) in [5.41, 5.74) is 1.33. The summed E-state index contributed by atoms with van der Waals surface area (Å²) in [4.78, 5) is 11.3. The van der Waals surface area contributed by atoms with Gasteiger partial charge in [0, 0.05) is 24.5 Å². The zero-order valence-electron chi connectivity index (χ0n) is 13.6. The van der Waals surface area contributed by atoms with Gasteiger partial charge in [0.2, 0.25) is 0 Å². The smallest absolute Gasteiger partial charge is 0.185 e. The van der Waals surface area contributed by atoms with Crippen molar-refractivity contribution in [3.63, 3.8) is 0 Å². The molecule has 0 saturated carbocycles. The van der Waals surface area contributed by atoms with E-state index in [9.17, 15) is 0 Å². The van der Waals surface area contributed by atoms with Crippen molar-refractivity contribution in [2.75, 3.05) is 45.7 Å². The predicted molar refractivity (Wildman–Crippen MR) is 90.3 cm³/mol. The minimum Gasteiger partial charge on any atom is -0.348 e. The highest BCUT2D eigenvalue weighted by Crippen LogP contribution is 2.37. The number of aromatic nitrogens is 1. The summed E-state index contributed by atoms with van der Waals surface area (Å²) in [7, 11) is 6.42. The van der Waals surface area contributed by atoms with E-state index in [4.69, 9.17) is 4.98 Å². The van der Waals surface area contributed by atoms with Gasteiger partial charge in [-0.2, -0.15) is 0 Å². The van der Waals surface area contributed by atoms with Gasteiger partial charge in [0.25, 0.3) is 0 Å². The number of hydrogen-bond donors (Lipinski definition) is 1. The van der Waals surface area contributed by atoms with Crippen molar-refractivity contribution in [1.82, 2.24) is 15.2 Å². The topological polar surface area (TPSA) is 31.4 Å². The standard InChI is InChI=1S/C16H28N4S/c1-17-13-5-4-6-14-15(13)18-16(21-14)20-9-7-12(8-10-20)11-19(2)3/h12-13,17H,4-11H2,1-3H3. The molecular weight excluding hydrogens is 280 g/mol. The van der Waals surface area contributed by atoms with Gasteiger partial charge >= 0.3 is 0 Å². The summed E-state index contributed by atoms with van der Waals surface area (Å²) in [6, 6.07) is 0.477. The molecule has 21 heavy (non-hydrogen) atoms. The zero-order chi connectivity index (χ0) is 14.8. The van der Waals surface area contributed by atoms with Gasteiger partial charge in [-0.05, 0) is 59.2 Å². The van der Waals surface area contributed by atoms with E-state index in [0.29, 0.717) is 6.04 Å². The molecule has 4 nitrogen and oxygen atoms in total. The maximum absolute atomic E-state index is 4.98. The number of fused-ring (bicyclic) bond motifs is 1. The second kappa shape index (κ2) is 6.63. The van der Waals surface area contributed by atoms with Crippen LogP contribution in [0.15, 0.2) is 0 Å². The van der Waals surface area contributed by atoms with Crippen LogP contribution in [0.25, 0.3) is 0 Å². The molecule has 0 amide bonds. The first-order chi connectivity index (χ1) is 10.2. The van der Waals surface area contributed by atoms with Crippen molar-refractivity contribution in [3.8, 4) is 0 Å². The van der Waals surface area contributed by atoms with E-state index in [1.807, 2.05) is 11.3 Å². The maximum Gasteiger partial charge on any atom is 0.185 e. The molecule has 1 aromatic heterocycles. The molecule has 3 rings (SSSR count). The average Bonchev–Trinajstić information content (AvgIpc) is 2.91. The van der Waals surface area contributed by atoms with E-state index < -0.39 is 0 Å². The second-order valence-electron chi connectivity index (χ2n) is 6.73. The largest absolute Gasteiger partial charge is 0.348 e. The van der Waals surface area contributed by atoms with Crippen LogP contribution in [0.3, 0.4) is 0 Å². The summed E-state index contributed by atoms with van der Waals surface area (Å²) in [6.45, 7) is 3.58. The molecule has 118 valence electrons. The minimum atomic E-state index is 0.477. The van der Waals surface area contributed by atoms with Crippen LogP contribution in [0.1, 0.15) is 42.3 Å². The van der Waals surface area contributed by atoms with Crippen LogP contribution >= 0.6 is 11.3 Å². The Kier molecular flexibility index (Phi) is 4.82. The lowest BCUT2D eigenvalue weighted by atomic mass is 9.97. The maximum atomic E-state index is 4.98. The van der Waals surface area contributed by atoms with E-state index in [1.165, 1.54) is 67.4 Å². The van der Waals surface area contributed by atoms with E-state index in [-0.39, 0.29) is 0 Å². The van der Waals surface area contributed by atoms with E-state index in [0.717, 1.165) is 5.92 Å². The van der Waals surface area contributed by atoms with E-state index >= 15 is 0 Å². The van der Waals surface area contributed by atoms with Gasteiger partial charge in [0.1, 0.15) is 0 Å². The third-order valence-corrected chi connectivity index (χ3v) is 5.99. The van der Waals surface area contributed by atoms with E-state index in [1.54, 1.807) is 0 Å². The molecule has 2 heterocycles. The Morgan fingerprint density at radius 2 is 2.05 bits per heavy atom. The van der Waals surface area contributed by atoms with Gasteiger partial charge in [-0.25, -0.2) is 4.98 Å². The van der Waals surface area contributed by atoms with Crippen LogP contribution in [-0.4, -0.2) is 50.7 Å². The highest BCUT2D eigenvalue weighted by Gasteiger charge is 2.27. The summed E-state index contributed by atoms with van der Waals surface area (Å²) >= 11 is 1.94. The van der Waals surface area contributed by atoms with Crippen LogP contribution in [0, 0.1) is 5.92 Å². The van der Waals surface area contributed by atoms with Crippen molar-refractivity contribution in [1.29, 1.82) is 0 Å². The first-order valence-electron chi connectivity index (χ1n) is 8.24. The van der Waals surface area contributed by atoms with Gasteiger partial charge < -0.3 is 15.1 Å². The van der Waals surface area contributed by atoms with Crippen molar-refractivity contribution in [3.05, 3.63) is 10.6 Å². The van der Waals surface area contributed by atoms with Gasteiger partial charge in [0.05, 0.1) is 11.7 Å². The van der Waals surface area contributed by atoms with Crippen LogP contribution in [-0.2, 0) is 6.42 Å². The molecule has 1 aliphatic heterocycles.